The van der Waals surface area contributed by atoms with Crippen molar-refractivity contribution in [3.63, 3.8) is 0 Å². The lowest BCUT2D eigenvalue weighted by Gasteiger charge is -2.20. The van der Waals surface area contributed by atoms with E-state index in [1.165, 1.54) is 0 Å². The van der Waals surface area contributed by atoms with Gasteiger partial charge in [-0.3, -0.25) is 14.5 Å². The SMILES string of the molecule is CC(C)(C)C(=O)OC1C[C@H](CF)CN1. The second-order valence-electron chi connectivity index (χ2n) is 4.81. The van der Waals surface area contributed by atoms with Gasteiger partial charge in [0.15, 0.2) is 6.23 Å². The first-order valence-electron chi connectivity index (χ1n) is 4.94. The number of esters is 1. The minimum atomic E-state index is -0.491. The van der Waals surface area contributed by atoms with Gasteiger partial charge in [0.2, 0.25) is 0 Å². The first-order chi connectivity index (χ1) is 6.43. The maximum absolute atomic E-state index is 12.3. The Morgan fingerprint density at radius 2 is 2.21 bits per heavy atom. The predicted octanol–water partition coefficient (Wildman–Crippen LogP) is 1.48. The molecule has 4 heteroatoms. The summed E-state index contributed by atoms with van der Waals surface area (Å²) in [6, 6.07) is 0. The van der Waals surface area contributed by atoms with Gasteiger partial charge in [0.05, 0.1) is 12.1 Å². The highest BCUT2D eigenvalue weighted by atomic mass is 19.1. The zero-order valence-corrected chi connectivity index (χ0v) is 8.97. The van der Waals surface area contributed by atoms with Crippen molar-refractivity contribution < 1.29 is 13.9 Å². The molecule has 1 heterocycles. The largest absolute Gasteiger partial charge is 0.446 e. The minimum absolute atomic E-state index is 0.00670. The highest BCUT2D eigenvalue weighted by molar-refractivity contribution is 5.75. The van der Waals surface area contributed by atoms with E-state index in [1.807, 2.05) is 0 Å². The fraction of sp³-hybridized carbons (Fsp3) is 0.900. The molecule has 14 heavy (non-hydrogen) atoms. The van der Waals surface area contributed by atoms with Gasteiger partial charge in [-0.2, -0.15) is 0 Å². The Labute approximate surface area is 84.0 Å². The van der Waals surface area contributed by atoms with E-state index in [2.05, 4.69) is 5.32 Å². The van der Waals surface area contributed by atoms with Crippen LogP contribution >= 0.6 is 0 Å². The highest BCUT2D eigenvalue weighted by Gasteiger charge is 2.31. The molecular weight excluding hydrogens is 185 g/mol. The second-order valence-corrected chi connectivity index (χ2v) is 4.81. The molecular formula is C10H18FNO2. The van der Waals surface area contributed by atoms with Crippen LogP contribution in [-0.2, 0) is 9.53 Å². The monoisotopic (exact) mass is 203 g/mol. The number of halogens is 1. The summed E-state index contributed by atoms with van der Waals surface area (Å²) < 4.78 is 17.5. The van der Waals surface area contributed by atoms with E-state index < -0.39 is 5.41 Å². The van der Waals surface area contributed by atoms with Crippen LogP contribution in [0.4, 0.5) is 4.39 Å². The molecule has 1 aliphatic heterocycles. The van der Waals surface area contributed by atoms with Crippen molar-refractivity contribution in [1.29, 1.82) is 0 Å². The highest BCUT2D eigenvalue weighted by Crippen LogP contribution is 2.20. The van der Waals surface area contributed by atoms with Gasteiger partial charge < -0.3 is 4.74 Å². The lowest BCUT2D eigenvalue weighted by Crippen LogP contribution is -2.33. The van der Waals surface area contributed by atoms with Crippen LogP contribution in [0, 0.1) is 11.3 Å². The summed E-state index contributed by atoms with van der Waals surface area (Å²) in [7, 11) is 0. The normalized spacial score (nSPS) is 27.7. The maximum Gasteiger partial charge on any atom is 0.312 e. The van der Waals surface area contributed by atoms with Crippen LogP contribution in [-0.4, -0.2) is 25.4 Å². The first kappa shape index (κ1) is 11.4. The number of nitrogens with one attached hydrogen (secondary N) is 1. The molecule has 1 fully saturated rings. The minimum Gasteiger partial charge on any atom is -0.446 e. The van der Waals surface area contributed by atoms with E-state index in [-0.39, 0.29) is 24.8 Å². The summed E-state index contributed by atoms with van der Waals surface area (Å²) in [5.74, 6) is -0.248. The number of hydrogen-bond donors (Lipinski definition) is 1. The summed E-state index contributed by atoms with van der Waals surface area (Å²) in [5.41, 5.74) is -0.491. The third kappa shape index (κ3) is 2.94. The summed E-state index contributed by atoms with van der Waals surface area (Å²) in [5, 5.41) is 2.98. The van der Waals surface area contributed by atoms with E-state index in [1.54, 1.807) is 20.8 Å². The van der Waals surface area contributed by atoms with Crippen molar-refractivity contribution in [3.05, 3.63) is 0 Å². The van der Waals surface area contributed by atoms with Gasteiger partial charge in [-0.05, 0) is 20.8 Å². The zero-order valence-electron chi connectivity index (χ0n) is 8.97. The van der Waals surface area contributed by atoms with Gasteiger partial charge in [-0.1, -0.05) is 0 Å². The fourth-order valence-corrected chi connectivity index (χ4v) is 1.28. The van der Waals surface area contributed by atoms with Crippen LogP contribution in [0.15, 0.2) is 0 Å². The van der Waals surface area contributed by atoms with Gasteiger partial charge in [0.25, 0.3) is 0 Å². The van der Waals surface area contributed by atoms with Crippen molar-refractivity contribution in [3.8, 4) is 0 Å². The summed E-state index contributed by atoms with van der Waals surface area (Å²) >= 11 is 0. The molecule has 0 aromatic rings. The number of hydrogen-bond acceptors (Lipinski definition) is 3. The van der Waals surface area contributed by atoms with Crippen LogP contribution in [0.1, 0.15) is 27.2 Å². The van der Waals surface area contributed by atoms with Gasteiger partial charge in [0, 0.05) is 18.9 Å². The van der Waals surface area contributed by atoms with E-state index in [4.69, 9.17) is 4.74 Å². The molecule has 0 aliphatic carbocycles. The number of ether oxygens (including phenoxy) is 1. The lowest BCUT2D eigenvalue weighted by molar-refractivity contribution is -0.159. The first-order valence-corrected chi connectivity index (χ1v) is 4.94. The van der Waals surface area contributed by atoms with E-state index in [0.29, 0.717) is 13.0 Å². The van der Waals surface area contributed by atoms with E-state index in [9.17, 15) is 9.18 Å². The van der Waals surface area contributed by atoms with Crippen molar-refractivity contribution in [2.45, 2.75) is 33.4 Å². The average Bonchev–Trinajstić information content (AvgIpc) is 2.50. The Balaban J connectivity index is 2.36. The second kappa shape index (κ2) is 4.26. The molecule has 0 aromatic carbocycles. The number of alkyl halides is 1. The quantitative estimate of drug-likeness (QED) is 0.691. The Kier molecular flexibility index (Phi) is 3.48. The molecule has 2 atom stereocenters. The van der Waals surface area contributed by atoms with E-state index in [0.717, 1.165) is 0 Å². The molecule has 0 amide bonds. The molecule has 0 saturated carbocycles. The molecule has 0 radical (unpaired) electrons. The Morgan fingerprint density at radius 3 is 2.64 bits per heavy atom. The molecule has 0 bridgehead atoms. The standard InChI is InChI=1S/C10H18FNO2/c1-10(2,3)9(13)14-8-4-7(5-11)6-12-8/h7-8,12H,4-6H2,1-3H3/t7-,8?/m1/s1. The van der Waals surface area contributed by atoms with Gasteiger partial charge in [-0.15, -0.1) is 0 Å². The predicted molar refractivity (Wildman–Crippen MR) is 51.4 cm³/mol. The van der Waals surface area contributed by atoms with Gasteiger partial charge in [0.1, 0.15) is 0 Å². The van der Waals surface area contributed by atoms with Gasteiger partial charge in [-0.25, -0.2) is 0 Å². The molecule has 1 unspecified atom stereocenters. The van der Waals surface area contributed by atoms with Crippen LogP contribution < -0.4 is 5.32 Å². The van der Waals surface area contributed by atoms with E-state index >= 15 is 0 Å². The summed E-state index contributed by atoms with van der Waals surface area (Å²) in [4.78, 5) is 11.5. The van der Waals surface area contributed by atoms with Crippen molar-refractivity contribution in [2.75, 3.05) is 13.2 Å². The van der Waals surface area contributed by atoms with Crippen molar-refractivity contribution in [2.24, 2.45) is 11.3 Å². The molecule has 0 spiro atoms. The number of carbonyl (C=O) groups excluding carboxylic acids is 1. The van der Waals surface area contributed by atoms with Crippen LogP contribution in [0.25, 0.3) is 0 Å². The molecule has 1 saturated heterocycles. The molecule has 1 aliphatic rings. The fourth-order valence-electron chi connectivity index (χ4n) is 1.28. The van der Waals surface area contributed by atoms with Crippen LogP contribution in [0.3, 0.4) is 0 Å². The molecule has 1 N–H and O–H groups in total. The van der Waals surface area contributed by atoms with Gasteiger partial charge >= 0.3 is 5.97 Å². The third-order valence-electron chi connectivity index (χ3n) is 2.26. The Morgan fingerprint density at radius 1 is 1.57 bits per heavy atom. The zero-order chi connectivity index (χ0) is 10.8. The summed E-state index contributed by atoms with van der Waals surface area (Å²) in [6.45, 7) is 5.65. The topological polar surface area (TPSA) is 38.3 Å². The van der Waals surface area contributed by atoms with Crippen molar-refractivity contribution in [1.82, 2.24) is 5.32 Å². The van der Waals surface area contributed by atoms with Crippen LogP contribution in [0.2, 0.25) is 0 Å². The Bertz CT molecular complexity index is 213. The van der Waals surface area contributed by atoms with Crippen LogP contribution in [0.5, 0.6) is 0 Å². The lowest BCUT2D eigenvalue weighted by atomic mass is 9.97. The number of carbonyl (C=O) groups is 1. The molecule has 82 valence electrons. The molecule has 0 aromatic heterocycles. The average molecular weight is 203 g/mol. The van der Waals surface area contributed by atoms with Crippen molar-refractivity contribution >= 4 is 5.97 Å². The summed E-state index contributed by atoms with van der Waals surface area (Å²) in [6.07, 6.45) is 0.278. The molecule has 1 rings (SSSR count). The number of rotatable bonds is 2. The third-order valence-corrected chi connectivity index (χ3v) is 2.26. The smallest absolute Gasteiger partial charge is 0.312 e. The molecule has 3 nitrogen and oxygen atoms in total. The maximum atomic E-state index is 12.3. The Hall–Kier alpha value is -0.640.